The minimum Gasteiger partial charge on any atom is -0.358 e. The van der Waals surface area contributed by atoms with Crippen molar-refractivity contribution in [3.05, 3.63) is 36.5 Å². The third kappa shape index (κ3) is 2.42. The number of fused-ring (bicyclic) bond motifs is 1. The number of carbonyl (C=O) groups excluding carboxylic acids is 1. The Morgan fingerprint density at radius 3 is 2.72 bits per heavy atom. The summed E-state index contributed by atoms with van der Waals surface area (Å²) in [5.41, 5.74) is 0. The highest BCUT2D eigenvalue weighted by Crippen LogP contribution is 2.21. The lowest BCUT2D eigenvalue weighted by Gasteiger charge is -2.19. The number of aromatic nitrogens is 1. The van der Waals surface area contributed by atoms with Crippen molar-refractivity contribution in [1.82, 2.24) is 9.88 Å². The second-order valence-electron chi connectivity index (χ2n) is 4.48. The van der Waals surface area contributed by atoms with Crippen molar-refractivity contribution in [3.63, 3.8) is 0 Å². The highest BCUT2D eigenvalue weighted by molar-refractivity contribution is 5.93. The SMILES string of the molecule is CC(Nc1nccc2ccccc12)C(=O)N(C)C. The molecule has 0 saturated heterocycles. The molecule has 1 aromatic heterocycles. The molecule has 0 aliphatic carbocycles. The first-order valence-corrected chi connectivity index (χ1v) is 5.91. The van der Waals surface area contributed by atoms with Crippen molar-refractivity contribution < 1.29 is 4.79 Å². The van der Waals surface area contributed by atoms with Gasteiger partial charge in [-0.25, -0.2) is 4.98 Å². The van der Waals surface area contributed by atoms with E-state index in [1.54, 1.807) is 25.2 Å². The molecule has 1 aromatic carbocycles. The van der Waals surface area contributed by atoms with Crippen LogP contribution in [0.3, 0.4) is 0 Å². The van der Waals surface area contributed by atoms with Gasteiger partial charge in [0.05, 0.1) is 0 Å². The third-order valence-electron chi connectivity index (χ3n) is 2.84. The zero-order chi connectivity index (χ0) is 13.1. The summed E-state index contributed by atoms with van der Waals surface area (Å²) >= 11 is 0. The predicted octanol–water partition coefficient (Wildman–Crippen LogP) is 2.12. The second-order valence-corrected chi connectivity index (χ2v) is 4.48. The lowest BCUT2D eigenvalue weighted by atomic mass is 10.1. The van der Waals surface area contributed by atoms with Crippen molar-refractivity contribution in [2.24, 2.45) is 0 Å². The molecule has 0 spiro atoms. The van der Waals surface area contributed by atoms with E-state index in [0.29, 0.717) is 0 Å². The Kier molecular flexibility index (Phi) is 3.46. The molecule has 94 valence electrons. The highest BCUT2D eigenvalue weighted by Gasteiger charge is 2.15. The van der Waals surface area contributed by atoms with Gasteiger partial charge in [0, 0.05) is 25.7 Å². The Balaban J connectivity index is 2.29. The normalized spacial score (nSPS) is 12.2. The minimum absolute atomic E-state index is 0.0322. The van der Waals surface area contributed by atoms with E-state index < -0.39 is 0 Å². The highest BCUT2D eigenvalue weighted by atomic mass is 16.2. The van der Waals surface area contributed by atoms with Crippen LogP contribution in [0.1, 0.15) is 6.92 Å². The first-order chi connectivity index (χ1) is 8.59. The number of rotatable bonds is 3. The van der Waals surface area contributed by atoms with E-state index >= 15 is 0 Å². The van der Waals surface area contributed by atoms with Crippen LogP contribution in [0, 0.1) is 0 Å². The lowest BCUT2D eigenvalue weighted by Crippen LogP contribution is -2.36. The van der Waals surface area contributed by atoms with Crippen LogP contribution >= 0.6 is 0 Å². The Morgan fingerprint density at radius 2 is 2.00 bits per heavy atom. The van der Waals surface area contributed by atoms with E-state index in [1.807, 2.05) is 37.3 Å². The molecule has 18 heavy (non-hydrogen) atoms. The van der Waals surface area contributed by atoms with Crippen LogP contribution in [0.5, 0.6) is 0 Å². The number of benzene rings is 1. The largest absolute Gasteiger partial charge is 0.358 e. The third-order valence-corrected chi connectivity index (χ3v) is 2.84. The Morgan fingerprint density at radius 1 is 1.28 bits per heavy atom. The van der Waals surface area contributed by atoms with Crippen LogP contribution in [0.25, 0.3) is 10.8 Å². The molecule has 2 rings (SSSR count). The molecule has 0 aliphatic rings. The first-order valence-electron chi connectivity index (χ1n) is 5.91. The van der Waals surface area contributed by atoms with Gasteiger partial charge in [-0.15, -0.1) is 0 Å². The maximum absolute atomic E-state index is 11.8. The summed E-state index contributed by atoms with van der Waals surface area (Å²) in [6, 6.07) is 9.64. The zero-order valence-electron chi connectivity index (χ0n) is 10.8. The molecule has 2 aromatic rings. The molecule has 1 unspecified atom stereocenters. The van der Waals surface area contributed by atoms with Crippen molar-refractivity contribution in [2.45, 2.75) is 13.0 Å². The number of carbonyl (C=O) groups is 1. The summed E-state index contributed by atoms with van der Waals surface area (Å²) < 4.78 is 0. The summed E-state index contributed by atoms with van der Waals surface area (Å²) in [7, 11) is 3.49. The molecule has 4 nitrogen and oxygen atoms in total. The number of pyridine rings is 1. The number of nitrogens with one attached hydrogen (secondary N) is 1. The number of hydrogen-bond donors (Lipinski definition) is 1. The van der Waals surface area contributed by atoms with Crippen LogP contribution in [-0.2, 0) is 4.79 Å². The number of likely N-dealkylation sites (N-methyl/N-ethyl adjacent to an activating group) is 1. The standard InChI is InChI=1S/C14H17N3O/c1-10(14(18)17(2)3)16-13-12-7-5-4-6-11(12)8-9-15-13/h4-10H,1-3H3,(H,15,16). The molecule has 0 radical (unpaired) electrons. The summed E-state index contributed by atoms with van der Waals surface area (Å²) in [5, 5.41) is 5.30. The van der Waals surface area contributed by atoms with Gasteiger partial charge < -0.3 is 10.2 Å². The van der Waals surface area contributed by atoms with Gasteiger partial charge in [0.25, 0.3) is 0 Å². The molecule has 0 aliphatic heterocycles. The van der Waals surface area contributed by atoms with E-state index in [-0.39, 0.29) is 11.9 Å². The summed E-state index contributed by atoms with van der Waals surface area (Å²) in [6.07, 6.45) is 1.75. The Bertz CT molecular complexity index is 560. The van der Waals surface area contributed by atoms with E-state index in [4.69, 9.17) is 0 Å². The second kappa shape index (κ2) is 5.04. The molecule has 4 heteroatoms. The van der Waals surface area contributed by atoms with Gasteiger partial charge in [0.15, 0.2) is 0 Å². The van der Waals surface area contributed by atoms with Gasteiger partial charge in [0.2, 0.25) is 5.91 Å². The van der Waals surface area contributed by atoms with E-state index in [2.05, 4.69) is 10.3 Å². The summed E-state index contributed by atoms with van der Waals surface area (Å²) in [5.74, 6) is 0.778. The lowest BCUT2D eigenvalue weighted by molar-refractivity contribution is -0.129. The van der Waals surface area contributed by atoms with Gasteiger partial charge in [-0.2, -0.15) is 0 Å². The van der Waals surface area contributed by atoms with Crippen LogP contribution in [0.4, 0.5) is 5.82 Å². The summed E-state index contributed by atoms with van der Waals surface area (Å²) in [4.78, 5) is 17.7. The number of nitrogens with zero attached hydrogens (tertiary/aromatic N) is 2. The van der Waals surface area contributed by atoms with Gasteiger partial charge >= 0.3 is 0 Å². The van der Waals surface area contributed by atoms with Crippen LogP contribution in [0.15, 0.2) is 36.5 Å². The van der Waals surface area contributed by atoms with Gasteiger partial charge in [-0.05, 0) is 18.4 Å². The number of hydrogen-bond acceptors (Lipinski definition) is 3. The fourth-order valence-corrected chi connectivity index (χ4v) is 1.89. The molecule has 1 N–H and O–H groups in total. The van der Waals surface area contributed by atoms with E-state index in [0.717, 1.165) is 16.6 Å². The maximum atomic E-state index is 11.8. The fourth-order valence-electron chi connectivity index (χ4n) is 1.89. The smallest absolute Gasteiger partial charge is 0.244 e. The number of anilines is 1. The molecular weight excluding hydrogens is 226 g/mol. The topological polar surface area (TPSA) is 45.2 Å². The van der Waals surface area contributed by atoms with Crippen LogP contribution in [0.2, 0.25) is 0 Å². The monoisotopic (exact) mass is 243 g/mol. The molecule has 0 saturated carbocycles. The fraction of sp³-hybridized carbons (Fsp3) is 0.286. The van der Waals surface area contributed by atoms with Crippen molar-refractivity contribution in [2.75, 3.05) is 19.4 Å². The Labute approximate surface area is 107 Å². The maximum Gasteiger partial charge on any atom is 0.244 e. The van der Waals surface area contributed by atoms with Gasteiger partial charge in [-0.3, -0.25) is 4.79 Å². The first kappa shape index (κ1) is 12.4. The average Bonchev–Trinajstić information content (AvgIpc) is 2.38. The molecule has 1 amide bonds. The number of amides is 1. The van der Waals surface area contributed by atoms with Crippen LogP contribution in [-0.4, -0.2) is 35.9 Å². The Hall–Kier alpha value is -2.10. The van der Waals surface area contributed by atoms with E-state index in [1.165, 1.54) is 0 Å². The van der Waals surface area contributed by atoms with Crippen LogP contribution < -0.4 is 5.32 Å². The van der Waals surface area contributed by atoms with Crippen molar-refractivity contribution >= 4 is 22.5 Å². The van der Waals surface area contributed by atoms with Gasteiger partial charge in [0.1, 0.15) is 11.9 Å². The van der Waals surface area contributed by atoms with Crippen molar-refractivity contribution in [1.29, 1.82) is 0 Å². The molecule has 1 heterocycles. The van der Waals surface area contributed by atoms with E-state index in [9.17, 15) is 4.79 Å². The molecular formula is C14H17N3O. The minimum atomic E-state index is -0.293. The molecule has 1 atom stereocenters. The summed E-state index contributed by atoms with van der Waals surface area (Å²) in [6.45, 7) is 1.84. The van der Waals surface area contributed by atoms with Gasteiger partial charge in [-0.1, -0.05) is 24.3 Å². The average molecular weight is 243 g/mol. The molecule has 0 fully saturated rings. The zero-order valence-corrected chi connectivity index (χ0v) is 10.8. The molecule has 0 bridgehead atoms. The predicted molar refractivity (Wildman–Crippen MR) is 73.5 cm³/mol. The quantitative estimate of drug-likeness (QED) is 0.898. The van der Waals surface area contributed by atoms with Crippen molar-refractivity contribution in [3.8, 4) is 0 Å².